The van der Waals surface area contributed by atoms with Gasteiger partial charge in [-0.1, -0.05) is 30.3 Å². The molecule has 0 radical (unpaired) electrons. The highest BCUT2D eigenvalue weighted by molar-refractivity contribution is 7.86. The molecule has 0 aromatic heterocycles. The topological polar surface area (TPSA) is 251 Å². The van der Waals surface area contributed by atoms with Gasteiger partial charge in [0.1, 0.15) is 22.0 Å². The lowest BCUT2D eigenvalue weighted by Gasteiger charge is -2.09. The van der Waals surface area contributed by atoms with Crippen LogP contribution in [0.1, 0.15) is 0 Å². The third-order valence-electron chi connectivity index (χ3n) is 7.32. The zero-order valence-electron chi connectivity index (χ0n) is 24.4. The lowest BCUT2D eigenvalue weighted by atomic mass is 10.1. The maximum absolute atomic E-state index is 12.1. The van der Waals surface area contributed by atoms with Crippen molar-refractivity contribution in [3.63, 3.8) is 0 Å². The van der Waals surface area contributed by atoms with Crippen LogP contribution in [-0.4, -0.2) is 36.2 Å². The van der Waals surface area contributed by atoms with Gasteiger partial charge in [0.15, 0.2) is 5.75 Å². The first-order valence-electron chi connectivity index (χ1n) is 13.8. The van der Waals surface area contributed by atoms with Crippen molar-refractivity contribution < 1.29 is 36.2 Å². The smallest absolute Gasteiger partial charge is 0.296 e. The molecule has 0 saturated heterocycles. The van der Waals surface area contributed by atoms with Crippen LogP contribution in [0.15, 0.2) is 127 Å². The summed E-state index contributed by atoms with van der Waals surface area (Å²) < 4.78 is 66.4. The summed E-state index contributed by atoms with van der Waals surface area (Å²) in [5.74, 6) is -0.929. The van der Waals surface area contributed by atoms with Crippen LogP contribution in [-0.2, 0) is 20.2 Å². The first-order chi connectivity index (χ1) is 22.7. The second-order valence-corrected chi connectivity index (χ2v) is 13.4. The minimum atomic E-state index is -4.77. The SMILES string of the molecule is Nc1ccc2c(O)c(N=Nc3ccc(-c4ccc(N=Nc5c(N)ccc6cc(S(=O)(=O)O)cc(O)c56)cc4)cc3)c(S(=O)(=O)O)cc2c1. The summed E-state index contributed by atoms with van der Waals surface area (Å²) >= 11 is 0. The van der Waals surface area contributed by atoms with E-state index in [2.05, 4.69) is 20.5 Å². The summed E-state index contributed by atoms with van der Waals surface area (Å²) in [5.41, 5.74) is 14.4. The summed E-state index contributed by atoms with van der Waals surface area (Å²) in [4.78, 5) is -1.10. The number of benzene rings is 6. The van der Waals surface area contributed by atoms with Crippen LogP contribution in [0.5, 0.6) is 11.5 Å². The molecule has 48 heavy (non-hydrogen) atoms. The van der Waals surface area contributed by atoms with E-state index in [0.29, 0.717) is 22.4 Å². The normalized spacial score (nSPS) is 12.5. The van der Waals surface area contributed by atoms with Gasteiger partial charge in [0.25, 0.3) is 20.2 Å². The molecule has 0 saturated carbocycles. The van der Waals surface area contributed by atoms with Crippen molar-refractivity contribution in [1.82, 2.24) is 0 Å². The standard InChI is InChI=1S/C32H24N6O8S2/c33-21-6-11-25-20(13-21)15-28(48(44,45)46)31(32(25)40)38-36-23-9-3-18(4-10-23)17-1-7-22(8-2-17)35-37-30-26(34)12-5-19-14-24(47(41,42)43)16-27(39)29(19)30/h1-16,39-40H,33-34H2,(H,41,42,43)(H,44,45,46). The summed E-state index contributed by atoms with van der Waals surface area (Å²) in [6.07, 6.45) is 0. The average molecular weight is 685 g/mol. The zero-order valence-corrected chi connectivity index (χ0v) is 26.1. The van der Waals surface area contributed by atoms with Crippen molar-refractivity contribution in [2.24, 2.45) is 20.5 Å². The summed E-state index contributed by atoms with van der Waals surface area (Å²) in [6, 6.07) is 24.4. The fourth-order valence-corrected chi connectivity index (χ4v) is 6.19. The number of nitrogens with two attached hydrogens (primary N) is 2. The molecule has 8 N–H and O–H groups in total. The molecule has 0 unspecified atom stereocenters. The van der Waals surface area contributed by atoms with Crippen LogP contribution in [0.3, 0.4) is 0 Å². The van der Waals surface area contributed by atoms with Gasteiger partial charge in [-0.2, -0.15) is 27.1 Å². The number of azo groups is 2. The van der Waals surface area contributed by atoms with Crippen LogP contribution in [0.25, 0.3) is 32.7 Å². The van der Waals surface area contributed by atoms with Crippen molar-refractivity contribution in [2.75, 3.05) is 11.5 Å². The third-order valence-corrected chi connectivity index (χ3v) is 9.02. The number of fused-ring (bicyclic) bond motifs is 2. The molecule has 14 nitrogen and oxygen atoms in total. The Labute approximate surface area is 272 Å². The van der Waals surface area contributed by atoms with Crippen molar-refractivity contribution in [2.45, 2.75) is 9.79 Å². The summed E-state index contributed by atoms with van der Waals surface area (Å²) in [7, 11) is -9.32. The minimum Gasteiger partial charge on any atom is -0.507 e. The Morgan fingerprint density at radius 1 is 0.562 bits per heavy atom. The molecule has 242 valence electrons. The van der Waals surface area contributed by atoms with Gasteiger partial charge in [0, 0.05) is 17.1 Å². The van der Waals surface area contributed by atoms with E-state index in [4.69, 9.17) is 11.5 Å². The van der Waals surface area contributed by atoms with Gasteiger partial charge in [-0.25, -0.2) is 0 Å². The number of anilines is 2. The fraction of sp³-hybridized carbons (Fsp3) is 0. The van der Waals surface area contributed by atoms with E-state index in [9.17, 15) is 36.2 Å². The van der Waals surface area contributed by atoms with Crippen molar-refractivity contribution in [3.8, 4) is 22.6 Å². The van der Waals surface area contributed by atoms with Crippen molar-refractivity contribution in [1.29, 1.82) is 0 Å². The molecule has 0 aliphatic rings. The predicted molar refractivity (Wildman–Crippen MR) is 180 cm³/mol. The van der Waals surface area contributed by atoms with Crippen LogP contribution in [0.2, 0.25) is 0 Å². The highest BCUT2D eigenvalue weighted by atomic mass is 32.2. The van der Waals surface area contributed by atoms with Crippen LogP contribution in [0.4, 0.5) is 34.1 Å². The largest absolute Gasteiger partial charge is 0.507 e. The number of hydrogen-bond donors (Lipinski definition) is 6. The molecule has 0 bridgehead atoms. The Balaban J connectivity index is 1.24. The van der Waals surface area contributed by atoms with E-state index in [1.165, 1.54) is 36.4 Å². The Morgan fingerprint density at radius 3 is 1.71 bits per heavy atom. The number of aromatic hydroxyl groups is 2. The lowest BCUT2D eigenvalue weighted by molar-refractivity contribution is 0.471. The number of phenols is 2. The van der Waals surface area contributed by atoms with Crippen LogP contribution in [0, 0.1) is 0 Å². The molecule has 0 heterocycles. The van der Waals surface area contributed by atoms with Gasteiger partial charge in [0.05, 0.1) is 27.3 Å². The average Bonchev–Trinajstić information content (AvgIpc) is 3.03. The molecule has 6 aromatic carbocycles. The third kappa shape index (κ3) is 6.36. The van der Waals surface area contributed by atoms with Gasteiger partial charge >= 0.3 is 0 Å². The van der Waals surface area contributed by atoms with Gasteiger partial charge in [-0.15, -0.1) is 10.2 Å². The quantitative estimate of drug-likeness (QED) is 0.0546. The van der Waals surface area contributed by atoms with E-state index in [0.717, 1.165) is 23.3 Å². The van der Waals surface area contributed by atoms with E-state index < -0.39 is 47.2 Å². The number of phenolic OH excluding ortho intramolecular Hbond substituents is 2. The number of hydrogen-bond acceptors (Lipinski definition) is 12. The molecule has 0 spiro atoms. The fourth-order valence-electron chi connectivity index (χ4n) is 4.99. The highest BCUT2D eigenvalue weighted by Crippen LogP contribution is 2.43. The zero-order chi connectivity index (χ0) is 34.4. The van der Waals surface area contributed by atoms with E-state index >= 15 is 0 Å². The Hall–Kier alpha value is -5.94. The molecular weight excluding hydrogens is 661 g/mol. The molecule has 0 aliphatic carbocycles. The first kappa shape index (κ1) is 32.0. The number of rotatable bonds is 7. The second kappa shape index (κ2) is 12.0. The van der Waals surface area contributed by atoms with Gasteiger partial charge in [-0.05, 0) is 82.6 Å². The predicted octanol–water partition coefficient (Wildman–Crippen LogP) is 7.56. The van der Waals surface area contributed by atoms with Crippen molar-refractivity contribution >= 4 is 75.9 Å². The van der Waals surface area contributed by atoms with Crippen LogP contribution >= 0.6 is 0 Å². The molecule has 0 fully saturated rings. The minimum absolute atomic E-state index is 0.117. The Morgan fingerprint density at radius 2 is 1.15 bits per heavy atom. The monoisotopic (exact) mass is 684 g/mol. The second-order valence-electron chi connectivity index (χ2n) is 10.5. The lowest BCUT2D eigenvalue weighted by Crippen LogP contribution is -1.99. The van der Waals surface area contributed by atoms with Gasteiger partial charge < -0.3 is 21.7 Å². The first-order valence-corrected chi connectivity index (χ1v) is 16.7. The number of nitrogens with zero attached hydrogens (tertiary/aromatic N) is 4. The maximum Gasteiger partial charge on any atom is 0.296 e. The molecule has 0 amide bonds. The summed E-state index contributed by atoms with van der Waals surface area (Å²) in [5, 5.41) is 38.7. The van der Waals surface area contributed by atoms with Gasteiger partial charge in [0.2, 0.25) is 0 Å². The maximum atomic E-state index is 12.1. The van der Waals surface area contributed by atoms with Crippen molar-refractivity contribution in [3.05, 3.63) is 97.1 Å². The Bertz CT molecular complexity index is 2540. The van der Waals surface area contributed by atoms with E-state index in [1.54, 1.807) is 48.5 Å². The van der Waals surface area contributed by atoms with Crippen LogP contribution < -0.4 is 11.5 Å². The van der Waals surface area contributed by atoms with Gasteiger partial charge in [-0.3, -0.25) is 9.11 Å². The molecule has 6 aromatic rings. The summed E-state index contributed by atoms with van der Waals surface area (Å²) in [6.45, 7) is 0. The van der Waals surface area contributed by atoms with E-state index in [1.807, 2.05) is 0 Å². The molecule has 0 aliphatic heterocycles. The molecular formula is C32H24N6O8S2. The highest BCUT2D eigenvalue weighted by Gasteiger charge is 2.22. The number of nitrogen functional groups attached to an aromatic ring is 2. The Kier molecular flexibility index (Phi) is 8.01. The van der Waals surface area contributed by atoms with E-state index in [-0.39, 0.29) is 27.5 Å². The molecule has 16 heteroatoms. The molecule has 6 rings (SSSR count). The molecule has 0 atom stereocenters.